The number of aromatic hydroxyl groups is 1. The summed E-state index contributed by atoms with van der Waals surface area (Å²) in [6, 6.07) is 13.5. The number of carbonyl (C=O) groups excluding carboxylic acids is 1. The molecular weight excluding hydrogens is 288 g/mol. The minimum Gasteiger partial charge on any atom is -0.506 e. The zero-order chi connectivity index (χ0) is 14.8. The number of pyridine rings is 1. The second-order valence-corrected chi connectivity index (χ2v) is 4.90. The van der Waals surface area contributed by atoms with Gasteiger partial charge in [-0.2, -0.15) is 0 Å². The van der Waals surface area contributed by atoms with E-state index in [0.29, 0.717) is 11.3 Å². The Morgan fingerprint density at radius 3 is 2.81 bits per heavy atom. The van der Waals surface area contributed by atoms with Crippen molar-refractivity contribution in [3.63, 3.8) is 0 Å². The predicted molar refractivity (Wildman–Crippen MR) is 82.8 cm³/mol. The number of amides is 1. The monoisotopic (exact) mass is 298 g/mol. The van der Waals surface area contributed by atoms with E-state index >= 15 is 0 Å². The molecule has 21 heavy (non-hydrogen) atoms. The topological polar surface area (TPSA) is 62.2 Å². The van der Waals surface area contributed by atoms with Gasteiger partial charge >= 0.3 is 0 Å². The lowest BCUT2D eigenvalue weighted by Crippen LogP contribution is -2.12. The first kappa shape index (κ1) is 13.4. The second kappa shape index (κ2) is 5.42. The number of phenolic OH excluding ortho intramolecular Hbond substituents is 1. The Hall–Kier alpha value is -2.59. The maximum atomic E-state index is 12.4. The number of hydrogen-bond donors (Lipinski definition) is 2. The Morgan fingerprint density at radius 2 is 2.00 bits per heavy atom. The van der Waals surface area contributed by atoms with Crippen LogP contribution in [-0.4, -0.2) is 16.0 Å². The molecule has 0 aliphatic carbocycles. The number of carbonyl (C=O) groups is 1. The van der Waals surface area contributed by atoms with Crippen molar-refractivity contribution in [1.82, 2.24) is 4.98 Å². The third-order valence-electron chi connectivity index (χ3n) is 3.09. The van der Waals surface area contributed by atoms with E-state index in [2.05, 4.69) is 10.3 Å². The molecule has 0 unspecified atom stereocenters. The zero-order valence-electron chi connectivity index (χ0n) is 10.9. The van der Waals surface area contributed by atoms with Gasteiger partial charge in [-0.05, 0) is 30.3 Å². The fourth-order valence-corrected chi connectivity index (χ4v) is 2.21. The molecule has 2 N–H and O–H groups in total. The number of nitrogens with zero attached hydrogens (tertiary/aromatic N) is 1. The Balaban J connectivity index is 1.95. The minimum atomic E-state index is -0.268. The summed E-state index contributed by atoms with van der Waals surface area (Å²) in [4.78, 5) is 16.6. The van der Waals surface area contributed by atoms with Gasteiger partial charge in [-0.25, -0.2) is 0 Å². The molecule has 0 fully saturated rings. The molecule has 1 aromatic heterocycles. The smallest absolute Gasteiger partial charge is 0.256 e. The van der Waals surface area contributed by atoms with E-state index in [9.17, 15) is 9.90 Å². The lowest BCUT2D eigenvalue weighted by molar-refractivity contribution is 0.102. The summed E-state index contributed by atoms with van der Waals surface area (Å²) < 4.78 is 0. The van der Waals surface area contributed by atoms with Crippen LogP contribution >= 0.6 is 11.6 Å². The van der Waals surface area contributed by atoms with E-state index < -0.39 is 0 Å². The van der Waals surface area contributed by atoms with Crippen LogP contribution in [0.15, 0.2) is 54.7 Å². The highest BCUT2D eigenvalue weighted by molar-refractivity contribution is 6.32. The van der Waals surface area contributed by atoms with Gasteiger partial charge in [-0.15, -0.1) is 0 Å². The Labute approximate surface area is 126 Å². The predicted octanol–water partition coefficient (Wildman–Crippen LogP) is 3.85. The number of anilines is 1. The van der Waals surface area contributed by atoms with Crippen molar-refractivity contribution in [1.29, 1.82) is 0 Å². The number of aromatic nitrogens is 1. The number of halogens is 1. The van der Waals surface area contributed by atoms with E-state index in [0.717, 1.165) is 10.9 Å². The summed E-state index contributed by atoms with van der Waals surface area (Å²) in [6.45, 7) is 0. The minimum absolute atomic E-state index is 0.0750. The van der Waals surface area contributed by atoms with Crippen molar-refractivity contribution in [2.24, 2.45) is 0 Å². The Morgan fingerprint density at radius 1 is 1.14 bits per heavy atom. The van der Waals surface area contributed by atoms with Crippen LogP contribution in [-0.2, 0) is 0 Å². The van der Waals surface area contributed by atoms with E-state index in [4.69, 9.17) is 11.6 Å². The number of hydrogen-bond acceptors (Lipinski definition) is 3. The number of phenols is 1. The van der Waals surface area contributed by atoms with Crippen LogP contribution < -0.4 is 5.32 Å². The number of nitrogens with one attached hydrogen (secondary N) is 1. The molecule has 2 aromatic carbocycles. The fourth-order valence-electron chi connectivity index (χ4n) is 2.09. The summed E-state index contributed by atoms with van der Waals surface area (Å²) >= 11 is 5.74. The lowest BCUT2D eigenvalue weighted by atomic mass is 10.1. The van der Waals surface area contributed by atoms with Gasteiger partial charge in [-0.3, -0.25) is 9.78 Å². The van der Waals surface area contributed by atoms with Gasteiger partial charge in [0.15, 0.2) is 0 Å². The van der Waals surface area contributed by atoms with Gasteiger partial charge in [-0.1, -0.05) is 23.7 Å². The highest BCUT2D eigenvalue weighted by Gasteiger charge is 2.11. The molecular formula is C16H11ClN2O2. The summed E-state index contributed by atoms with van der Waals surface area (Å²) in [5, 5.41) is 13.3. The van der Waals surface area contributed by atoms with Crippen molar-refractivity contribution in [3.05, 3.63) is 65.3 Å². The van der Waals surface area contributed by atoms with Crippen LogP contribution in [0.1, 0.15) is 10.4 Å². The van der Waals surface area contributed by atoms with Crippen LogP contribution in [0.3, 0.4) is 0 Å². The molecule has 0 saturated heterocycles. The largest absolute Gasteiger partial charge is 0.506 e. The third-order valence-corrected chi connectivity index (χ3v) is 3.41. The molecule has 0 saturated carbocycles. The van der Waals surface area contributed by atoms with Crippen LogP contribution in [0.5, 0.6) is 5.75 Å². The first-order valence-corrected chi connectivity index (χ1v) is 6.66. The second-order valence-electron chi connectivity index (χ2n) is 4.50. The molecule has 5 heteroatoms. The van der Waals surface area contributed by atoms with Gasteiger partial charge in [0.05, 0.1) is 10.5 Å². The summed E-state index contributed by atoms with van der Waals surface area (Å²) in [7, 11) is 0. The van der Waals surface area contributed by atoms with Crippen LogP contribution in [0.4, 0.5) is 5.69 Å². The van der Waals surface area contributed by atoms with E-state index in [1.165, 1.54) is 12.1 Å². The van der Waals surface area contributed by atoms with Crippen LogP contribution in [0, 0.1) is 0 Å². The normalized spacial score (nSPS) is 10.5. The molecule has 0 bridgehead atoms. The average Bonchev–Trinajstić information content (AvgIpc) is 2.50. The Bertz CT molecular complexity index is 828. The Kier molecular flexibility index (Phi) is 3.46. The van der Waals surface area contributed by atoms with E-state index in [1.807, 2.05) is 12.1 Å². The molecule has 104 valence electrons. The SMILES string of the molecule is O=C(Nc1ccc(Cl)c(O)c1)c1cccc2ncccc12. The lowest BCUT2D eigenvalue weighted by Gasteiger charge is -2.08. The van der Waals surface area contributed by atoms with Gasteiger partial charge in [0.1, 0.15) is 5.75 Å². The average molecular weight is 299 g/mol. The number of fused-ring (bicyclic) bond motifs is 1. The van der Waals surface area contributed by atoms with E-state index in [1.54, 1.807) is 30.5 Å². The van der Waals surface area contributed by atoms with Crippen molar-refractivity contribution in [3.8, 4) is 5.75 Å². The standard InChI is InChI=1S/C16H11ClN2O2/c17-13-7-6-10(9-15(13)20)19-16(21)12-3-1-5-14-11(12)4-2-8-18-14/h1-9,20H,(H,19,21). The van der Waals surface area contributed by atoms with Gasteiger partial charge in [0.2, 0.25) is 0 Å². The van der Waals surface area contributed by atoms with Crippen LogP contribution in [0.25, 0.3) is 10.9 Å². The molecule has 0 atom stereocenters. The van der Waals surface area contributed by atoms with E-state index in [-0.39, 0.29) is 16.7 Å². The molecule has 3 aromatic rings. The first-order chi connectivity index (χ1) is 10.1. The summed E-state index contributed by atoms with van der Waals surface area (Å²) in [5.74, 6) is -0.343. The summed E-state index contributed by atoms with van der Waals surface area (Å²) in [6.07, 6.45) is 1.68. The number of rotatable bonds is 2. The van der Waals surface area contributed by atoms with Crippen molar-refractivity contribution >= 4 is 34.1 Å². The van der Waals surface area contributed by atoms with Gasteiger partial charge < -0.3 is 10.4 Å². The molecule has 0 radical (unpaired) electrons. The van der Waals surface area contributed by atoms with Gasteiger partial charge in [0, 0.05) is 28.9 Å². The first-order valence-electron chi connectivity index (χ1n) is 6.29. The third kappa shape index (κ3) is 2.66. The highest BCUT2D eigenvalue weighted by atomic mass is 35.5. The molecule has 1 heterocycles. The number of benzene rings is 2. The maximum Gasteiger partial charge on any atom is 0.256 e. The van der Waals surface area contributed by atoms with Crippen molar-refractivity contribution < 1.29 is 9.90 Å². The van der Waals surface area contributed by atoms with Crippen molar-refractivity contribution in [2.45, 2.75) is 0 Å². The molecule has 4 nitrogen and oxygen atoms in total. The maximum absolute atomic E-state index is 12.4. The molecule has 1 amide bonds. The fraction of sp³-hybridized carbons (Fsp3) is 0. The molecule has 0 spiro atoms. The molecule has 0 aliphatic rings. The van der Waals surface area contributed by atoms with Crippen molar-refractivity contribution in [2.75, 3.05) is 5.32 Å². The highest BCUT2D eigenvalue weighted by Crippen LogP contribution is 2.27. The molecule has 3 rings (SSSR count). The zero-order valence-corrected chi connectivity index (χ0v) is 11.6. The quantitative estimate of drug-likeness (QED) is 0.755. The van der Waals surface area contributed by atoms with Gasteiger partial charge in [0.25, 0.3) is 5.91 Å². The van der Waals surface area contributed by atoms with Crippen LogP contribution in [0.2, 0.25) is 5.02 Å². The molecule has 0 aliphatic heterocycles. The summed E-state index contributed by atoms with van der Waals surface area (Å²) in [5.41, 5.74) is 1.75.